The first-order valence-electron chi connectivity index (χ1n) is 7.94. The van der Waals surface area contributed by atoms with Crippen LogP contribution in [-0.2, 0) is 11.2 Å². The SMILES string of the molecule is CCCCCNC(=O)C(C)Oc1ccc2c(c1)CC[C@@H]2N. The van der Waals surface area contributed by atoms with Crippen LogP contribution in [0.2, 0.25) is 0 Å². The Morgan fingerprint density at radius 3 is 3.05 bits per heavy atom. The zero-order chi connectivity index (χ0) is 15.2. The second-order valence-electron chi connectivity index (χ2n) is 5.76. The normalized spacial score (nSPS) is 18.1. The average molecular weight is 290 g/mol. The van der Waals surface area contributed by atoms with Crippen molar-refractivity contribution in [1.29, 1.82) is 0 Å². The summed E-state index contributed by atoms with van der Waals surface area (Å²) in [7, 11) is 0. The molecule has 1 aromatic carbocycles. The van der Waals surface area contributed by atoms with Crippen LogP contribution in [0, 0.1) is 0 Å². The van der Waals surface area contributed by atoms with Crippen molar-refractivity contribution < 1.29 is 9.53 Å². The number of ether oxygens (including phenoxy) is 1. The van der Waals surface area contributed by atoms with Crippen molar-refractivity contribution in [2.24, 2.45) is 5.73 Å². The van der Waals surface area contributed by atoms with Gasteiger partial charge in [-0.2, -0.15) is 0 Å². The van der Waals surface area contributed by atoms with Gasteiger partial charge in [0.1, 0.15) is 5.75 Å². The molecule has 0 aliphatic heterocycles. The fourth-order valence-corrected chi connectivity index (χ4v) is 2.69. The molecule has 0 radical (unpaired) electrons. The zero-order valence-corrected chi connectivity index (χ0v) is 13.0. The van der Waals surface area contributed by atoms with Gasteiger partial charge >= 0.3 is 0 Å². The maximum absolute atomic E-state index is 11.9. The molecule has 0 saturated heterocycles. The first kappa shape index (κ1) is 15.8. The molecule has 0 heterocycles. The summed E-state index contributed by atoms with van der Waals surface area (Å²) in [6.45, 7) is 4.65. The van der Waals surface area contributed by atoms with Gasteiger partial charge in [-0.05, 0) is 49.4 Å². The first-order valence-corrected chi connectivity index (χ1v) is 7.94. The Kier molecular flexibility index (Phi) is 5.62. The highest BCUT2D eigenvalue weighted by molar-refractivity contribution is 5.80. The van der Waals surface area contributed by atoms with Crippen LogP contribution >= 0.6 is 0 Å². The fraction of sp³-hybridized carbons (Fsp3) is 0.588. The maximum Gasteiger partial charge on any atom is 0.260 e. The molecule has 1 unspecified atom stereocenters. The van der Waals surface area contributed by atoms with E-state index in [1.54, 1.807) is 6.92 Å². The van der Waals surface area contributed by atoms with Gasteiger partial charge in [-0.1, -0.05) is 25.8 Å². The van der Waals surface area contributed by atoms with Crippen LogP contribution in [-0.4, -0.2) is 18.6 Å². The molecule has 2 rings (SSSR count). The van der Waals surface area contributed by atoms with Crippen LogP contribution in [0.1, 0.15) is 56.7 Å². The Bertz CT molecular complexity index is 488. The standard InChI is InChI=1S/C17H26N2O2/c1-3-4-5-10-19-17(20)12(2)21-14-7-8-15-13(11-14)6-9-16(15)18/h7-8,11-12,16H,3-6,9-10,18H2,1-2H3,(H,19,20)/t12?,16-/m0/s1. The third-order valence-electron chi connectivity index (χ3n) is 4.00. The van der Waals surface area contributed by atoms with E-state index in [1.807, 2.05) is 18.2 Å². The molecule has 0 bridgehead atoms. The van der Waals surface area contributed by atoms with Crippen LogP contribution in [0.5, 0.6) is 5.75 Å². The summed E-state index contributed by atoms with van der Waals surface area (Å²) in [6, 6.07) is 6.09. The molecule has 4 nitrogen and oxygen atoms in total. The van der Waals surface area contributed by atoms with Crippen molar-refractivity contribution in [3.63, 3.8) is 0 Å². The van der Waals surface area contributed by atoms with Crippen LogP contribution in [0.4, 0.5) is 0 Å². The average Bonchev–Trinajstić information content (AvgIpc) is 2.84. The summed E-state index contributed by atoms with van der Waals surface area (Å²) in [5.74, 6) is 0.697. The van der Waals surface area contributed by atoms with Crippen LogP contribution < -0.4 is 15.8 Å². The molecular formula is C17H26N2O2. The molecule has 21 heavy (non-hydrogen) atoms. The summed E-state index contributed by atoms with van der Waals surface area (Å²) < 4.78 is 5.74. The van der Waals surface area contributed by atoms with Gasteiger partial charge in [-0.3, -0.25) is 4.79 Å². The largest absolute Gasteiger partial charge is 0.481 e. The summed E-state index contributed by atoms with van der Waals surface area (Å²) in [5, 5.41) is 2.91. The second-order valence-corrected chi connectivity index (χ2v) is 5.76. The third kappa shape index (κ3) is 4.21. The van der Waals surface area contributed by atoms with E-state index in [4.69, 9.17) is 10.5 Å². The second kappa shape index (κ2) is 7.46. The molecule has 1 aliphatic carbocycles. The monoisotopic (exact) mass is 290 g/mol. The van der Waals surface area contributed by atoms with E-state index in [0.717, 1.165) is 44.4 Å². The number of rotatable bonds is 7. The van der Waals surface area contributed by atoms with Crippen molar-refractivity contribution in [3.05, 3.63) is 29.3 Å². The lowest BCUT2D eigenvalue weighted by atomic mass is 10.1. The van der Waals surface area contributed by atoms with E-state index < -0.39 is 6.10 Å². The molecule has 3 N–H and O–H groups in total. The van der Waals surface area contributed by atoms with Gasteiger partial charge in [0.2, 0.25) is 0 Å². The first-order chi connectivity index (χ1) is 10.1. The maximum atomic E-state index is 11.9. The van der Waals surface area contributed by atoms with Crippen molar-refractivity contribution >= 4 is 5.91 Å². The number of carbonyl (C=O) groups is 1. The molecule has 0 saturated carbocycles. The number of benzene rings is 1. The van der Waals surface area contributed by atoms with Crippen molar-refractivity contribution in [2.45, 2.75) is 58.1 Å². The topological polar surface area (TPSA) is 64.3 Å². The highest BCUT2D eigenvalue weighted by Gasteiger charge is 2.20. The van der Waals surface area contributed by atoms with Gasteiger partial charge in [0, 0.05) is 12.6 Å². The molecule has 1 aliphatic rings. The van der Waals surface area contributed by atoms with Gasteiger partial charge in [-0.25, -0.2) is 0 Å². The van der Waals surface area contributed by atoms with E-state index >= 15 is 0 Å². The quantitative estimate of drug-likeness (QED) is 0.759. The van der Waals surface area contributed by atoms with E-state index in [2.05, 4.69) is 12.2 Å². The van der Waals surface area contributed by atoms with Crippen molar-refractivity contribution in [1.82, 2.24) is 5.32 Å². The molecule has 2 atom stereocenters. The number of hydrogen-bond acceptors (Lipinski definition) is 3. The van der Waals surface area contributed by atoms with Crippen LogP contribution in [0.25, 0.3) is 0 Å². The number of carbonyl (C=O) groups excluding carboxylic acids is 1. The van der Waals surface area contributed by atoms with Crippen LogP contribution in [0.15, 0.2) is 18.2 Å². The number of nitrogens with two attached hydrogens (primary N) is 1. The minimum absolute atomic E-state index is 0.0525. The van der Waals surface area contributed by atoms with Gasteiger partial charge in [-0.15, -0.1) is 0 Å². The molecule has 1 aromatic rings. The number of aryl methyl sites for hydroxylation is 1. The Morgan fingerprint density at radius 1 is 1.48 bits per heavy atom. The molecule has 4 heteroatoms. The summed E-state index contributed by atoms with van der Waals surface area (Å²) in [6.07, 6.45) is 4.82. The number of nitrogens with one attached hydrogen (secondary N) is 1. The number of fused-ring (bicyclic) bond motifs is 1. The molecule has 116 valence electrons. The molecule has 0 spiro atoms. The lowest BCUT2D eigenvalue weighted by molar-refractivity contribution is -0.127. The van der Waals surface area contributed by atoms with Gasteiger partial charge in [0.05, 0.1) is 0 Å². The highest BCUT2D eigenvalue weighted by Crippen LogP contribution is 2.32. The number of hydrogen-bond donors (Lipinski definition) is 2. The van der Waals surface area contributed by atoms with Gasteiger partial charge in [0.25, 0.3) is 5.91 Å². The Hall–Kier alpha value is -1.55. The van der Waals surface area contributed by atoms with Crippen LogP contribution in [0.3, 0.4) is 0 Å². The fourth-order valence-electron chi connectivity index (χ4n) is 2.69. The molecule has 0 fully saturated rings. The molecular weight excluding hydrogens is 264 g/mol. The van der Waals surface area contributed by atoms with E-state index in [1.165, 1.54) is 11.1 Å². The molecule has 1 amide bonds. The predicted molar refractivity (Wildman–Crippen MR) is 84.3 cm³/mol. The minimum Gasteiger partial charge on any atom is -0.481 e. The third-order valence-corrected chi connectivity index (χ3v) is 4.00. The summed E-state index contributed by atoms with van der Waals surface area (Å²) >= 11 is 0. The van der Waals surface area contributed by atoms with E-state index in [0.29, 0.717) is 0 Å². The Labute approximate surface area is 127 Å². The van der Waals surface area contributed by atoms with Gasteiger partial charge in [0.15, 0.2) is 6.10 Å². The highest BCUT2D eigenvalue weighted by atomic mass is 16.5. The lowest BCUT2D eigenvalue weighted by Gasteiger charge is -2.15. The van der Waals surface area contributed by atoms with Crippen molar-refractivity contribution in [3.8, 4) is 5.75 Å². The van der Waals surface area contributed by atoms with E-state index in [9.17, 15) is 4.79 Å². The Morgan fingerprint density at radius 2 is 2.29 bits per heavy atom. The summed E-state index contributed by atoms with van der Waals surface area (Å²) in [4.78, 5) is 11.9. The smallest absolute Gasteiger partial charge is 0.260 e. The number of amides is 1. The summed E-state index contributed by atoms with van der Waals surface area (Å²) in [5.41, 5.74) is 8.47. The minimum atomic E-state index is -0.472. The van der Waals surface area contributed by atoms with Gasteiger partial charge < -0.3 is 15.8 Å². The lowest BCUT2D eigenvalue weighted by Crippen LogP contribution is -2.36. The Balaban J connectivity index is 1.85. The zero-order valence-electron chi connectivity index (χ0n) is 13.0. The number of unbranched alkanes of at least 4 members (excludes halogenated alkanes) is 2. The predicted octanol–water partition coefficient (Wildman–Crippen LogP) is 2.71. The van der Waals surface area contributed by atoms with E-state index in [-0.39, 0.29) is 11.9 Å². The van der Waals surface area contributed by atoms with Crippen molar-refractivity contribution in [2.75, 3.05) is 6.54 Å². The molecule has 0 aromatic heterocycles.